The molecule has 0 radical (unpaired) electrons. The van der Waals surface area contributed by atoms with Crippen molar-refractivity contribution >= 4 is 38.9 Å². The molecule has 0 saturated carbocycles. The molecule has 0 N–H and O–H groups in total. The molecule has 1 aliphatic heterocycles. The summed E-state index contributed by atoms with van der Waals surface area (Å²) in [7, 11) is 0. The summed E-state index contributed by atoms with van der Waals surface area (Å²) in [5, 5.41) is 1.59. The Morgan fingerprint density at radius 1 is 0.418 bits per heavy atom. The van der Waals surface area contributed by atoms with Crippen molar-refractivity contribution in [1.29, 1.82) is 0 Å². The maximum Gasteiger partial charge on any atom is 0.133 e. The number of nitrogens with zero attached hydrogens (tertiary/aromatic N) is 2. The Balaban J connectivity index is 1.12. The van der Waals surface area contributed by atoms with E-state index in [1.54, 1.807) is 6.07 Å². The van der Waals surface area contributed by atoms with Gasteiger partial charge in [-0.05, 0) is 115 Å². The number of aromatic nitrogens is 1. The molecule has 314 valence electrons. The zero-order chi connectivity index (χ0) is 44.3. The van der Waals surface area contributed by atoms with Gasteiger partial charge in [0.1, 0.15) is 5.82 Å². The first-order valence-corrected chi connectivity index (χ1v) is 23.4. The van der Waals surface area contributed by atoms with Crippen molar-refractivity contribution in [2.75, 3.05) is 4.90 Å². The zero-order valence-corrected chi connectivity index (χ0v) is 37.0. The number of para-hydroxylation sites is 1. The monoisotopic (exact) mass is 856 g/mol. The fourth-order valence-corrected chi connectivity index (χ4v) is 13.2. The molecule has 3 aliphatic carbocycles. The fourth-order valence-electron chi connectivity index (χ4n) is 13.2. The third-order valence-corrected chi connectivity index (χ3v) is 15.8. The van der Waals surface area contributed by atoms with Crippen molar-refractivity contribution in [2.24, 2.45) is 0 Å². The summed E-state index contributed by atoms with van der Waals surface area (Å²) in [5.41, 5.74) is 25.2. The minimum Gasteiger partial charge on any atom is -0.310 e. The van der Waals surface area contributed by atoms with Gasteiger partial charge in [0.15, 0.2) is 0 Å². The van der Waals surface area contributed by atoms with Gasteiger partial charge in [0.05, 0.1) is 33.5 Å². The predicted octanol–water partition coefficient (Wildman–Crippen LogP) is 16.7. The zero-order valence-electron chi connectivity index (χ0n) is 37.0. The molecular formula is C64H41FN2. The van der Waals surface area contributed by atoms with Crippen molar-refractivity contribution in [3.63, 3.8) is 0 Å². The highest BCUT2D eigenvalue weighted by Crippen LogP contribution is 2.68. The maximum atomic E-state index is 16.5. The minimum absolute atomic E-state index is 0.204. The van der Waals surface area contributed by atoms with Gasteiger partial charge in [-0.2, -0.15) is 0 Å². The number of rotatable bonds is 4. The normalized spacial score (nSPS) is 14.4. The molecule has 0 unspecified atom stereocenters. The Hall–Kier alpha value is -8.27. The van der Waals surface area contributed by atoms with Crippen LogP contribution in [0.1, 0.15) is 47.2 Å². The third kappa shape index (κ3) is 4.49. The quantitative estimate of drug-likeness (QED) is 0.171. The van der Waals surface area contributed by atoms with Crippen LogP contribution in [0.5, 0.6) is 0 Å². The number of benzene rings is 10. The lowest BCUT2D eigenvalue weighted by atomic mass is 9.70. The van der Waals surface area contributed by atoms with Crippen LogP contribution < -0.4 is 4.90 Å². The smallest absolute Gasteiger partial charge is 0.133 e. The summed E-state index contributed by atoms with van der Waals surface area (Å²) in [4.78, 5) is 2.55. The van der Waals surface area contributed by atoms with Crippen LogP contribution in [0.2, 0.25) is 0 Å². The maximum absolute atomic E-state index is 16.5. The SMILES string of the molecule is CC1(C)c2ccccc2-c2cccc(N(c3ccc(-c4ccccc4)cc3)c3ccc4c5c3-c3ccccc3-n3c6cccc(F)c6c6ccc(c-5c63)C43c4ccccc4-c4ccccc43)c21. The second-order valence-electron chi connectivity index (χ2n) is 19.2. The van der Waals surface area contributed by atoms with E-state index in [4.69, 9.17) is 0 Å². The standard InChI is InChI=1S/C64H41FN2/c1-63(2)47-23-10-6-20-43(47)44-22-14-29-56(61(44)63)66(40-32-30-39(31-33-40)38-16-4-3-5-17-38)55-37-36-50-59-58(55)45-21-9-13-27-53(45)67-54-28-15-26-52(65)57(54)46-34-35-51(60(59)62(46)67)64(50)48-24-11-7-18-41(48)42-19-8-12-25-49(42)64/h3-37H,1-2H3. The highest BCUT2D eigenvalue weighted by molar-refractivity contribution is 6.21. The fraction of sp³-hybridized carbons (Fsp3) is 0.0625. The Morgan fingerprint density at radius 3 is 1.75 bits per heavy atom. The Bertz CT molecular complexity index is 3920. The lowest BCUT2D eigenvalue weighted by molar-refractivity contribution is 0.640. The van der Waals surface area contributed by atoms with Gasteiger partial charge in [-0.15, -0.1) is 0 Å². The van der Waals surface area contributed by atoms with Crippen LogP contribution in [0.4, 0.5) is 21.5 Å². The van der Waals surface area contributed by atoms with Gasteiger partial charge in [0.25, 0.3) is 0 Å². The molecule has 0 amide bonds. The van der Waals surface area contributed by atoms with E-state index in [9.17, 15) is 0 Å². The van der Waals surface area contributed by atoms with E-state index >= 15 is 4.39 Å². The Labute approximate surface area is 388 Å². The second-order valence-corrected chi connectivity index (χ2v) is 19.2. The number of hydrogen-bond donors (Lipinski definition) is 0. The molecule has 10 aromatic carbocycles. The first-order chi connectivity index (χ1) is 33.0. The van der Waals surface area contributed by atoms with Crippen molar-refractivity contribution in [2.45, 2.75) is 24.7 Å². The Kier molecular flexibility index (Phi) is 7.16. The molecule has 0 saturated heterocycles. The van der Waals surface area contributed by atoms with E-state index in [2.05, 4.69) is 224 Å². The van der Waals surface area contributed by atoms with Crippen molar-refractivity contribution in [3.05, 3.63) is 252 Å². The summed E-state index contributed by atoms with van der Waals surface area (Å²) < 4.78 is 18.9. The van der Waals surface area contributed by atoms with Crippen molar-refractivity contribution in [1.82, 2.24) is 4.57 Å². The van der Waals surface area contributed by atoms with Crippen LogP contribution in [0.3, 0.4) is 0 Å². The number of hydrogen-bond acceptors (Lipinski definition) is 1. The lowest BCUT2D eigenvalue weighted by Crippen LogP contribution is -2.26. The van der Waals surface area contributed by atoms with Crippen LogP contribution in [-0.4, -0.2) is 4.57 Å². The predicted molar refractivity (Wildman–Crippen MR) is 274 cm³/mol. The first-order valence-electron chi connectivity index (χ1n) is 23.4. The number of fused-ring (bicyclic) bond motifs is 16. The van der Waals surface area contributed by atoms with Crippen molar-refractivity contribution in [3.8, 4) is 61.3 Å². The highest BCUT2D eigenvalue weighted by Gasteiger charge is 2.54. The van der Waals surface area contributed by atoms with Crippen LogP contribution >= 0.6 is 0 Å². The summed E-state index contributed by atoms with van der Waals surface area (Å²) in [5.74, 6) is -0.204. The molecule has 67 heavy (non-hydrogen) atoms. The molecule has 0 atom stereocenters. The molecule has 2 nitrogen and oxygen atoms in total. The molecule has 11 aromatic rings. The second kappa shape index (κ2) is 13.0. The average molecular weight is 857 g/mol. The van der Waals surface area contributed by atoms with Gasteiger partial charge in [-0.1, -0.05) is 184 Å². The largest absolute Gasteiger partial charge is 0.310 e. The van der Waals surface area contributed by atoms with E-state index in [0.717, 1.165) is 44.7 Å². The molecule has 1 spiro atoms. The molecule has 1 aromatic heterocycles. The summed E-state index contributed by atoms with van der Waals surface area (Å²) >= 11 is 0. The van der Waals surface area contributed by atoms with Gasteiger partial charge in [-0.3, -0.25) is 0 Å². The lowest BCUT2D eigenvalue weighted by Gasteiger charge is -2.35. The number of anilines is 3. The van der Waals surface area contributed by atoms with Crippen LogP contribution in [0.15, 0.2) is 212 Å². The van der Waals surface area contributed by atoms with E-state index in [0.29, 0.717) is 5.39 Å². The van der Waals surface area contributed by atoms with Gasteiger partial charge >= 0.3 is 0 Å². The molecular weight excluding hydrogens is 816 g/mol. The van der Waals surface area contributed by atoms with E-state index in [-0.39, 0.29) is 11.2 Å². The molecule has 4 aliphatic rings. The number of halogens is 1. The molecule has 0 bridgehead atoms. The summed E-state index contributed by atoms with van der Waals surface area (Å²) in [6.45, 7) is 4.77. The van der Waals surface area contributed by atoms with Crippen LogP contribution in [0.25, 0.3) is 83.1 Å². The van der Waals surface area contributed by atoms with Crippen LogP contribution in [0, 0.1) is 5.82 Å². The summed E-state index contributed by atoms with van der Waals surface area (Å²) in [6, 6.07) is 77.4. The minimum atomic E-state index is -0.606. The highest BCUT2D eigenvalue weighted by atomic mass is 19.1. The topological polar surface area (TPSA) is 8.17 Å². The average Bonchev–Trinajstić information content (AvgIpc) is 4.02. The van der Waals surface area contributed by atoms with Crippen molar-refractivity contribution < 1.29 is 4.39 Å². The van der Waals surface area contributed by atoms with Gasteiger partial charge in [0, 0.05) is 38.6 Å². The molecule has 3 heteroatoms. The Morgan fingerprint density at radius 2 is 1.00 bits per heavy atom. The molecule has 2 heterocycles. The first kappa shape index (κ1) is 37.0. The van der Waals surface area contributed by atoms with E-state index in [1.807, 2.05) is 6.07 Å². The van der Waals surface area contributed by atoms with Gasteiger partial charge < -0.3 is 9.47 Å². The van der Waals surface area contributed by atoms with E-state index in [1.165, 1.54) is 83.5 Å². The van der Waals surface area contributed by atoms with Crippen LogP contribution in [-0.2, 0) is 10.8 Å². The molecule has 0 fully saturated rings. The van der Waals surface area contributed by atoms with E-state index < -0.39 is 5.41 Å². The summed E-state index contributed by atoms with van der Waals surface area (Å²) in [6.07, 6.45) is 0. The van der Waals surface area contributed by atoms with Gasteiger partial charge in [0.2, 0.25) is 0 Å². The van der Waals surface area contributed by atoms with Gasteiger partial charge in [-0.25, -0.2) is 4.39 Å². The molecule has 15 rings (SSSR count). The third-order valence-electron chi connectivity index (χ3n) is 15.8.